The first-order valence-electron chi connectivity index (χ1n) is 15.0. The predicted octanol–water partition coefficient (Wildman–Crippen LogP) is 6.85. The average molecular weight is 717 g/mol. The number of fused-ring (bicyclic) bond motifs is 1. The molecule has 1 atom stereocenters. The zero-order valence-corrected chi connectivity index (χ0v) is 27.6. The van der Waals surface area contributed by atoms with Gasteiger partial charge in [0.25, 0.3) is 0 Å². The van der Waals surface area contributed by atoms with Crippen LogP contribution in [0.3, 0.4) is 0 Å². The van der Waals surface area contributed by atoms with Crippen molar-refractivity contribution in [3.05, 3.63) is 131 Å². The Morgan fingerprint density at radius 2 is 1.94 bits per heavy atom. The van der Waals surface area contributed by atoms with Gasteiger partial charge >= 0.3 is 0 Å². The van der Waals surface area contributed by atoms with E-state index < -0.39 is 15.9 Å². The summed E-state index contributed by atoms with van der Waals surface area (Å²) in [6, 6.07) is 23.2. The highest BCUT2D eigenvalue weighted by Crippen LogP contribution is 2.40. The smallest absolute Gasteiger partial charge is 0.220 e. The maximum atomic E-state index is 13.5. The monoisotopic (exact) mass is 715 g/mol. The van der Waals surface area contributed by atoms with E-state index in [0.717, 1.165) is 38.6 Å². The normalized spacial score (nSPS) is 15.4. The highest BCUT2D eigenvalue weighted by molar-refractivity contribution is 9.10. The number of anilines is 2. The van der Waals surface area contributed by atoms with Crippen LogP contribution in [0.5, 0.6) is 5.75 Å². The van der Waals surface area contributed by atoms with Crippen LogP contribution >= 0.6 is 15.9 Å². The summed E-state index contributed by atoms with van der Waals surface area (Å²) in [6.07, 6.45) is 9.01. The molecule has 5 aromatic rings. The van der Waals surface area contributed by atoms with Crippen molar-refractivity contribution in [3.63, 3.8) is 0 Å². The number of hydrogen-bond donors (Lipinski definition) is 2. The lowest BCUT2D eigenvalue weighted by Gasteiger charge is -2.30. The molecule has 0 bridgehead atoms. The van der Waals surface area contributed by atoms with Crippen LogP contribution in [0.4, 0.5) is 15.9 Å². The van der Waals surface area contributed by atoms with Gasteiger partial charge in [0.1, 0.15) is 40.8 Å². The SMILES string of the molecule is O=S(=O)=C(CNCCCC1(c2ccc3ncnc(Nc4ccc(OCc5cccc(F)c5)c(Br)c4)c3c2)CC=CO1)c1ccccn1. The third kappa shape index (κ3) is 7.84. The summed E-state index contributed by atoms with van der Waals surface area (Å²) in [4.78, 5) is 13.4. The first-order valence-corrected chi connectivity index (χ1v) is 16.9. The molecule has 12 heteroatoms. The molecule has 0 amide bonds. The lowest BCUT2D eigenvalue weighted by molar-refractivity contribution is 0.0307. The fourth-order valence-electron chi connectivity index (χ4n) is 5.48. The summed E-state index contributed by atoms with van der Waals surface area (Å²) in [5, 5.41) is 7.50. The van der Waals surface area contributed by atoms with Crippen molar-refractivity contribution in [1.29, 1.82) is 0 Å². The van der Waals surface area contributed by atoms with Gasteiger partial charge in [-0.1, -0.05) is 24.3 Å². The van der Waals surface area contributed by atoms with Crippen molar-refractivity contribution in [2.45, 2.75) is 31.5 Å². The van der Waals surface area contributed by atoms with E-state index in [1.165, 1.54) is 18.5 Å². The number of nitrogens with zero attached hydrogens (tertiary/aromatic N) is 3. The predicted molar refractivity (Wildman–Crippen MR) is 184 cm³/mol. The van der Waals surface area contributed by atoms with E-state index in [1.54, 1.807) is 36.7 Å². The summed E-state index contributed by atoms with van der Waals surface area (Å²) in [5.41, 5.74) is 3.18. The first kappa shape index (κ1) is 32.3. The molecule has 9 nitrogen and oxygen atoms in total. The molecule has 6 rings (SSSR count). The molecule has 0 saturated carbocycles. The number of hydrogen-bond acceptors (Lipinski definition) is 9. The van der Waals surface area contributed by atoms with Gasteiger partial charge in [-0.3, -0.25) is 4.98 Å². The van der Waals surface area contributed by atoms with Crippen LogP contribution in [0.1, 0.15) is 36.1 Å². The molecular formula is C35H31BrFN5O4S. The van der Waals surface area contributed by atoms with Crippen LogP contribution in [0.2, 0.25) is 0 Å². The fourth-order valence-corrected chi connectivity index (χ4v) is 6.48. The Bertz CT molecular complexity index is 2040. The molecule has 1 aliphatic rings. The van der Waals surface area contributed by atoms with E-state index in [4.69, 9.17) is 9.47 Å². The minimum atomic E-state index is -2.37. The topological polar surface area (TPSA) is 115 Å². The molecule has 0 radical (unpaired) electrons. The minimum absolute atomic E-state index is 0.192. The summed E-state index contributed by atoms with van der Waals surface area (Å²) in [5.74, 6) is 0.970. The highest BCUT2D eigenvalue weighted by atomic mass is 79.9. The molecule has 3 heterocycles. The van der Waals surface area contributed by atoms with Crippen LogP contribution < -0.4 is 15.4 Å². The Labute approximate surface area is 281 Å². The van der Waals surface area contributed by atoms with Crippen molar-refractivity contribution in [3.8, 4) is 5.75 Å². The van der Waals surface area contributed by atoms with Gasteiger partial charge in [0.15, 0.2) is 0 Å². The second kappa shape index (κ2) is 14.8. The summed E-state index contributed by atoms with van der Waals surface area (Å²) in [6.45, 7) is 1.03. The molecule has 2 aromatic heterocycles. The van der Waals surface area contributed by atoms with Crippen LogP contribution in [0.25, 0.3) is 10.9 Å². The van der Waals surface area contributed by atoms with Crippen LogP contribution in [0.15, 0.2) is 108 Å². The molecule has 0 spiro atoms. The summed E-state index contributed by atoms with van der Waals surface area (Å²) >= 11 is 3.59. The molecule has 2 N–H and O–H groups in total. The maximum absolute atomic E-state index is 13.5. The summed E-state index contributed by atoms with van der Waals surface area (Å²) < 4.78 is 50.0. The van der Waals surface area contributed by atoms with E-state index in [0.29, 0.717) is 36.6 Å². The zero-order chi connectivity index (χ0) is 32.6. The average Bonchev–Trinajstić information content (AvgIpc) is 3.56. The van der Waals surface area contributed by atoms with Crippen molar-refractivity contribution >= 4 is 53.5 Å². The number of nitrogens with one attached hydrogen (secondary N) is 2. The Balaban J connectivity index is 1.14. The second-order valence-corrected chi connectivity index (χ2v) is 12.8. The zero-order valence-electron chi connectivity index (χ0n) is 25.2. The van der Waals surface area contributed by atoms with Gasteiger partial charge in [-0.15, -0.1) is 0 Å². The van der Waals surface area contributed by atoms with Crippen LogP contribution in [0, 0.1) is 5.82 Å². The molecule has 47 heavy (non-hydrogen) atoms. The highest BCUT2D eigenvalue weighted by Gasteiger charge is 2.35. The van der Waals surface area contributed by atoms with E-state index in [9.17, 15) is 12.8 Å². The third-order valence-corrected chi connectivity index (χ3v) is 9.22. The van der Waals surface area contributed by atoms with E-state index >= 15 is 0 Å². The van der Waals surface area contributed by atoms with Gasteiger partial charge in [0.2, 0.25) is 10.3 Å². The molecule has 1 aliphatic heterocycles. The first-order chi connectivity index (χ1) is 22.9. The van der Waals surface area contributed by atoms with Crippen molar-refractivity contribution < 1.29 is 22.3 Å². The Hall–Kier alpha value is -4.65. The number of pyridine rings is 1. The maximum Gasteiger partial charge on any atom is 0.220 e. The molecule has 3 aromatic carbocycles. The van der Waals surface area contributed by atoms with Crippen LogP contribution in [-0.2, 0) is 27.2 Å². The quantitative estimate of drug-likeness (QED) is 0.0768. The molecule has 0 fully saturated rings. The molecule has 240 valence electrons. The van der Waals surface area contributed by atoms with Crippen molar-refractivity contribution in [1.82, 2.24) is 20.3 Å². The molecular weight excluding hydrogens is 685 g/mol. The van der Waals surface area contributed by atoms with Gasteiger partial charge in [0.05, 0.1) is 21.9 Å². The lowest BCUT2D eigenvalue weighted by Crippen LogP contribution is -2.29. The van der Waals surface area contributed by atoms with E-state index in [2.05, 4.69) is 47.6 Å². The number of benzene rings is 3. The van der Waals surface area contributed by atoms with Crippen LogP contribution in [-0.4, -0.2) is 41.3 Å². The largest absolute Gasteiger partial charge is 0.490 e. The van der Waals surface area contributed by atoms with Crippen molar-refractivity contribution in [2.24, 2.45) is 0 Å². The standard InChI is InChI=1S/C35H31BrFN5O4S/c36-29-20-27(10-12-32(29)45-22-24-6-3-7-26(37)18-24)42-34-28-19-25(9-11-30(28)40-23-41-34)35(14-5-17-46-35)13-4-15-38-21-33(47(43)44)31-8-1-2-16-39-31/h1-3,5-12,16-20,23,38H,4,13-15,21-22H2,(H,40,41,42). The van der Waals surface area contributed by atoms with Gasteiger partial charge in [-0.25, -0.2) is 14.4 Å². The number of rotatable bonds is 13. The van der Waals surface area contributed by atoms with E-state index in [1.807, 2.05) is 42.5 Å². The minimum Gasteiger partial charge on any atom is -0.490 e. The number of aromatic nitrogens is 3. The molecule has 0 saturated heterocycles. The molecule has 0 aliphatic carbocycles. The second-order valence-electron chi connectivity index (χ2n) is 11.0. The van der Waals surface area contributed by atoms with Gasteiger partial charge in [-0.05, 0) is 107 Å². The third-order valence-electron chi connectivity index (χ3n) is 7.85. The fraction of sp³-hybridized carbons (Fsp3) is 0.200. The Kier molecular flexibility index (Phi) is 10.2. The van der Waals surface area contributed by atoms with E-state index in [-0.39, 0.29) is 23.8 Å². The van der Waals surface area contributed by atoms with Gasteiger partial charge in [-0.2, -0.15) is 8.42 Å². The summed E-state index contributed by atoms with van der Waals surface area (Å²) in [7, 11) is -2.37. The molecule has 1 unspecified atom stereocenters. The lowest BCUT2D eigenvalue weighted by atomic mass is 9.86. The van der Waals surface area contributed by atoms with Gasteiger partial charge in [0, 0.05) is 30.2 Å². The van der Waals surface area contributed by atoms with Gasteiger partial charge < -0.3 is 20.1 Å². The Morgan fingerprint density at radius 1 is 1.02 bits per heavy atom. The van der Waals surface area contributed by atoms with Crippen molar-refractivity contribution in [2.75, 3.05) is 18.4 Å². The number of halogens is 2. The Morgan fingerprint density at radius 3 is 2.70 bits per heavy atom. The number of ether oxygens (including phenoxy) is 2.